The first-order chi connectivity index (χ1) is 9.70. The third-order valence-corrected chi connectivity index (χ3v) is 4.85. The lowest BCUT2D eigenvalue weighted by atomic mass is 9.87. The van der Waals surface area contributed by atoms with Gasteiger partial charge in [-0.3, -0.25) is 0 Å². The van der Waals surface area contributed by atoms with Gasteiger partial charge in [-0.1, -0.05) is 19.1 Å². The van der Waals surface area contributed by atoms with Crippen molar-refractivity contribution in [3.05, 3.63) is 29.6 Å². The van der Waals surface area contributed by atoms with E-state index in [1.54, 1.807) is 0 Å². The second-order valence-corrected chi connectivity index (χ2v) is 6.57. The number of rotatable bonds is 3. The molecule has 1 aliphatic rings. The Morgan fingerprint density at radius 1 is 1.25 bits per heavy atom. The number of nitrogens with zero attached hydrogens (tertiary/aromatic N) is 2. The highest BCUT2D eigenvalue weighted by atomic mass is 35.5. The van der Waals surface area contributed by atoms with Crippen LogP contribution < -0.4 is 0 Å². The summed E-state index contributed by atoms with van der Waals surface area (Å²) in [7, 11) is 0. The summed E-state index contributed by atoms with van der Waals surface area (Å²) in [5.74, 6) is 2.69. The molecule has 0 spiro atoms. The molecule has 0 unspecified atom stereocenters. The van der Waals surface area contributed by atoms with Crippen molar-refractivity contribution in [2.24, 2.45) is 5.92 Å². The van der Waals surface area contributed by atoms with E-state index in [9.17, 15) is 0 Å². The van der Waals surface area contributed by atoms with E-state index in [0.717, 1.165) is 17.9 Å². The van der Waals surface area contributed by atoms with Crippen LogP contribution in [0, 0.1) is 12.8 Å². The summed E-state index contributed by atoms with van der Waals surface area (Å²) in [4.78, 5) is 4.87. The number of aromatic nitrogens is 2. The largest absolute Gasteiger partial charge is 0.325 e. The summed E-state index contributed by atoms with van der Waals surface area (Å²) in [6.45, 7) is 4.51. The molecule has 0 radical (unpaired) electrons. The fourth-order valence-corrected chi connectivity index (χ4v) is 3.64. The summed E-state index contributed by atoms with van der Waals surface area (Å²) in [5.41, 5.74) is 3.72. The molecule has 1 aromatic carbocycles. The van der Waals surface area contributed by atoms with Crippen molar-refractivity contribution in [3.8, 4) is 0 Å². The molecule has 0 amide bonds. The zero-order valence-corrected chi connectivity index (χ0v) is 13.2. The first kappa shape index (κ1) is 13.9. The smallest absolute Gasteiger partial charge is 0.111 e. The SMILES string of the molecule is Cc1cccc2c1nc(CCCl)n2C1CCC(C)CC1. The minimum atomic E-state index is 0.608. The van der Waals surface area contributed by atoms with E-state index in [4.69, 9.17) is 16.6 Å². The van der Waals surface area contributed by atoms with Crippen molar-refractivity contribution in [3.63, 3.8) is 0 Å². The van der Waals surface area contributed by atoms with E-state index in [2.05, 4.69) is 36.6 Å². The topological polar surface area (TPSA) is 17.8 Å². The van der Waals surface area contributed by atoms with Gasteiger partial charge in [-0.25, -0.2) is 4.98 Å². The molecule has 0 atom stereocenters. The Hall–Kier alpha value is -1.02. The average Bonchev–Trinajstić information content (AvgIpc) is 2.80. The third-order valence-electron chi connectivity index (χ3n) is 4.66. The molecule has 2 aromatic rings. The van der Waals surface area contributed by atoms with Crippen LogP contribution in [0.15, 0.2) is 18.2 Å². The first-order valence-electron chi connectivity index (χ1n) is 7.73. The van der Waals surface area contributed by atoms with Crippen LogP contribution in [-0.2, 0) is 6.42 Å². The van der Waals surface area contributed by atoms with Gasteiger partial charge in [0.25, 0.3) is 0 Å². The Morgan fingerprint density at radius 2 is 2.00 bits per heavy atom. The number of para-hydroxylation sites is 1. The van der Waals surface area contributed by atoms with Gasteiger partial charge in [-0.2, -0.15) is 0 Å². The predicted molar refractivity (Wildman–Crippen MR) is 85.6 cm³/mol. The molecule has 0 bridgehead atoms. The van der Waals surface area contributed by atoms with Crippen LogP contribution >= 0.6 is 11.6 Å². The average molecular weight is 291 g/mol. The normalized spacial score (nSPS) is 23.4. The number of imidazole rings is 1. The maximum Gasteiger partial charge on any atom is 0.111 e. The zero-order chi connectivity index (χ0) is 14.1. The lowest BCUT2D eigenvalue weighted by Gasteiger charge is -2.29. The van der Waals surface area contributed by atoms with Crippen LogP contribution in [0.3, 0.4) is 0 Å². The van der Waals surface area contributed by atoms with Crippen LogP contribution in [0.4, 0.5) is 0 Å². The van der Waals surface area contributed by atoms with Gasteiger partial charge in [0.1, 0.15) is 5.82 Å². The van der Waals surface area contributed by atoms with Gasteiger partial charge >= 0.3 is 0 Å². The summed E-state index contributed by atoms with van der Waals surface area (Å²) in [6.07, 6.45) is 6.07. The number of halogens is 1. The van der Waals surface area contributed by atoms with E-state index in [0.29, 0.717) is 11.9 Å². The number of benzene rings is 1. The van der Waals surface area contributed by atoms with E-state index < -0.39 is 0 Å². The first-order valence-corrected chi connectivity index (χ1v) is 8.26. The van der Waals surface area contributed by atoms with E-state index in [1.165, 1.54) is 42.6 Å². The number of aryl methyl sites for hydroxylation is 2. The zero-order valence-electron chi connectivity index (χ0n) is 12.4. The second-order valence-electron chi connectivity index (χ2n) is 6.19. The third kappa shape index (κ3) is 2.46. The molecule has 20 heavy (non-hydrogen) atoms. The molecule has 0 N–H and O–H groups in total. The van der Waals surface area contributed by atoms with Crippen LogP contribution in [0.25, 0.3) is 11.0 Å². The molecule has 3 heteroatoms. The van der Waals surface area contributed by atoms with Gasteiger partial charge in [0.2, 0.25) is 0 Å². The van der Waals surface area contributed by atoms with E-state index in [-0.39, 0.29) is 0 Å². The van der Waals surface area contributed by atoms with Crippen molar-refractivity contribution in [1.29, 1.82) is 0 Å². The molecular weight excluding hydrogens is 268 g/mol. The fourth-order valence-electron chi connectivity index (χ4n) is 3.47. The Kier molecular flexibility index (Phi) is 4.02. The number of alkyl halides is 1. The number of hydrogen-bond acceptors (Lipinski definition) is 1. The standard InChI is InChI=1S/C17H23ClN2/c1-12-6-8-14(9-7-12)20-15-5-3-4-13(2)17(15)19-16(20)10-11-18/h3-5,12,14H,6-11H2,1-2H3. The summed E-state index contributed by atoms with van der Waals surface area (Å²) < 4.78 is 2.48. The number of hydrogen-bond donors (Lipinski definition) is 0. The molecule has 1 saturated carbocycles. The summed E-state index contributed by atoms with van der Waals surface area (Å²) in [6, 6.07) is 7.11. The molecule has 108 valence electrons. The van der Waals surface area contributed by atoms with Crippen molar-refractivity contribution in [2.75, 3.05) is 5.88 Å². The fraction of sp³-hybridized carbons (Fsp3) is 0.588. The van der Waals surface area contributed by atoms with Crippen LogP contribution in [0.1, 0.15) is 50.0 Å². The molecule has 3 rings (SSSR count). The molecule has 0 saturated heterocycles. The second kappa shape index (κ2) is 5.77. The highest BCUT2D eigenvalue weighted by Gasteiger charge is 2.24. The van der Waals surface area contributed by atoms with Crippen LogP contribution in [0.2, 0.25) is 0 Å². The van der Waals surface area contributed by atoms with E-state index in [1.807, 2.05) is 0 Å². The van der Waals surface area contributed by atoms with Gasteiger partial charge in [0.05, 0.1) is 11.0 Å². The van der Waals surface area contributed by atoms with Gasteiger partial charge < -0.3 is 4.57 Å². The summed E-state index contributed by atoms with van der Waals surface area (Å²) >= 11 is 5.98. The Balaban J connectivity index is 2.07. The Morgan fingerprint density at radius 3 is 2.70 bits per heavy atom. The Labute approximate surface area is 126 Å². The monoisotopic (exact) mass is 290 g/mol. The lowest BCUT2D eigenvalue weighted by molar-refractivity contribution is 0.290. The maximum absolute atomic E-state index is 5.98. The highest BCUT2D eigenvalue weighted by molar-refractivity contribution is 6.17. The molecule has 2 nitrogen and oxygen atoms in total. The summed E-state index contributed by atoms with van der Waals surface area (Å²) in [5, 5.41) is 0. The molecule has 1 aliphatic carbocycles. The van der Waals surface area contributed by atoms with Crippen molar-refractivity contribution in [2.45, 2.75) is 52.0 Å². The van der Waals surface area contributed by atoms with Gasteiger partial charge in [0.15, 0.2) is 0 Å². The molecule has 1 fully saturated rings. The van der Waals surface area contributed by atoms with Crippen molar-refractivity contribution >= 4 is 22.6 Å². The Bertz CT molecular complexity index is 594. The van der Waals surface area contributed by atoms with Gasteiger partial charge in [0, 0.05) is 18.3 Å². The van der Waals surface area contributed by atoms with Crippen LogP contribution in [0.5, 0.6) is 0 Å². The highest BCUT2D eigenvalue weighted by Crippen LogP contribution is 2.35. The van der Waals surface area contributed by atoms with E-state index >= 15 is 0 Å². The quantitative estimate of drug-likeness (QED) is 0.737. The lowest BCUT2D eigenvalue weighted by Crippen LogP contribution is -2.19. The predicted octanol–water partition coefficient (Wildman–Crippen LogP) is 4.88. The molecule has 1 heterocycles. The maximum atomic E-state index is 5.98. The van der Waals surface area contributed by atoms with Crippen molar-refractivity contribution < 1.29 is 0 Å². The van der Waals surface area contributed by atoms with Gasteiger partial charge in [-0.15, -0.1) is 11.6 Å². The van der Waals surface area contributed by atoms with Gasteiger partial charge in [-0.05, 0) is 50.2 Å². The molecule has 1 aromatic heterocycles. The van der Waals surface area contributed by atoms with Crippen LogP contribution in [-0.4, -0.2) is 15.4 Å². The van der Waals surface area contributed by atoms with Crippen molar-refractivity contribution in [1.82, 2.24) is 9.55 Å². The number of fused-ring (bicyclic) bond motifs is 1. The minimum absolute atomic E-state index is 0.608. The minimum Gasteiger partial charge on any atom is -0.325 e. The molecular formula is C17H23ClN2. The molecule has 0 aliphatic heterocycles.